The van der Waals surface area contributed by atoms with Crippen molar-refractivity contribution in [2.24, 2.45) is 11.8 Å². The second-order valence-corrected chi connectivity index (χ2v) is 9.85. The Kier molecular flexibility index (Phi) is 6.13. The van der Waals surface area contributed by atoms with Crippen LogP contribution in [-0.2, 0) is 16.0 Å². The van der Waals surface area contributed by atoms with Crippen molar-refractivity contribution < 1.29 is 9.53 Å². The minimum Gasteiger partial charge on any atom is -0.375 e. The molecule has 8 heteroatoms. The minimum absolute atomic E-state index is 0.0730. The molecule has 2 aromatic heterocycles. The molecular formula is C24H34N6O2. The summed E-state index contributed by atoms with van der Waals surface area (Å²) < 4.78 is 6.35. The fraction of sp³-hybridized carbons (Fsp3) is 0.667. The van der Waals surface area contributed by atoms with E-state index in [9.17, 15) is 4.79 Å². The highest BCUT2D eigenvalue weighted by molar-refractivity contribution is 5.79. The SMILES string of the molecule is Cc1cc(Nc2ccnc(C[C@@H]3COC4(CCN(C(=O)C5CCCCC5)CC4)C3)n2)n[nH]1. The molecule has 2 aromatic rings. The van der Waals surface area contributed by atoms with Crippen molar-refractivity contribution in [3.8, 4) is 0 Å². The first-order chi connectivity index (χ1) is 15.6. The number of carbonyl (C=O) groups excluding carboxylic acids is 1. The van der Waals surface area contributed by atoms with Crippen molar-refractivity contribution in [3.63, 3.8) is 0 Å². The van der Waals surface area contributed by atoms with Gasteiger partial charge in [0.15, 0.2) is 5.82 Å². The number of amides is 1. The van der Waals surface area contributed by atoms with Crippen molar-refractivity contribution in [2.75, 3.05) is 25.0 Å². The Labute approximate surface area is 189 Å². The lowest BCUT2D eigenvalue weighted by Crippen LogP contribution is -2.48. The molecule has 1 atom stereocenters. The molecule has 0 aromatic carbocycles. The summed E-state index contributed by atoms with van der Waals surface area (Å²) in [6, 6.07) is 3.81. The molecule has 3 fully saturated rings. The third-order valence-electron chi connectivity index (χ3n) is 7.37. The van der Waals surface area contributed by atoms with E-state index in [-0.39, 0.29) is 11.5 Å². The molecule has 8 nitrogen and oxygen atoms in total. The molecule has 172 valence electrons. The molecule has 2 saturated heterocycles. The molecule has 3 aliphatic rings. The molecule has 1 amide bonds. The number of rotatable bonds is 5. The molecule has 2 N–H and O–H groups in total. The van der Waals surface area contributed by atoms with Crippen LogP contribution >= 0.6 is 0 Å². The Bertz CT molecular complexity index is 930. The topological polar surface area (TPSA) is 96.0 Å². The van der Waals surface area contributed by atoms with Gasteiger partial charge in [0.25, 0.3) is 0 Å². The first-order valence-corrected chi connectivity index (χ1v) is 12.1. The molecule has 0 radical (unpaired) electrons. The number of aromatic nitrogens is 4. The lowest BCUT2D eigenvalue weighted by Gasteiger charge is -2.40. The maximum Gasteiger partial charge on any atom is 0.225 e. The number of piperidine rings is 1. The minimum atomic E-state index is -0.0730. The summed E-state index contributed by atoms with van der Waals surface area (Å²) in [7, 11) is 0. The van der Waals surface area contributed by atoms with Gasteiger partial charge < -0.3 is 15.0 Å². The summed E-state index contributed by atoms with van der Waals surface area (Å²) in [6.45, 7) is 4.38. The lowest BCUT2D eigenvalue weighted by atomic mass is 9.83. The van der Waals surface area contributed by atoms with Gasteiger partial charge in [-0.2, -0.15) is 5.10 Å². The van der Waals surface area contributed by atoms with Crippen LogP contribution in [0.1, 0.15) is 62.9 Å². The molecule has 1 saturated carbocycles. The number of hydrogen-bond donors (Lipinski definition) is 2. The zero-order valence-corrected chi connectivity index (χ0v) is 19.0. The van der Waals surface area contributed by atoms with Crippen LogP contribution in [0.25, 0.3) is 0 Å². The maximum absolute atomic E-state index is 12.9. The molecule has 1 aliphatic carbocycles. The first-order valence-electron chi connectivity index (χ1n) is 12.1. The van der Waals surface area contributed by atoms with Gasteiger partial charge in [-0.3, -0.25) is 9.89 Å². The van der Waals surface area contributed by atoms with Gasteiger partial charge in [-0.15, -0.1) is 0 Å². The van der Waals surface area contributed by atoms with E-state index >= 15 is 0 Å². The summed E-state index contributed by atoms with van der Waals surface area (Å²) >= 11 is 0. The quantitative estimate of drug-likeness (QED) is 0.738. The lowest BCUT2D eigenvalue weighted by molar-refractivity contribution is -0.141. The Hall–Kier alpha value is -2.48. The van der Waals surface area contributed by atoms with Crippen LogP contribution < -0.4 is 5.32 Å². The third-order valence-corrected chi connectivity index (χ3v) is 7.37. The maximum atomic E-state index is 12.9. The van der Waals surface area contributed by atoms with Crippen molar-refractivity contribution >= 4 is 17.5 Å². The third kappa shape index (κ3) is 4.80. The second-order valence-electron chi connectivity index (χ2n) is 9.85. The van der Waals surface area contributed by atoms with Crippen LogP contribution in [0.4, 0.5) is 11.6 Å². The van der Waals surface area contributed by atoms with Gasteiger partial charge in [0.1, 0.15) is 11.6 Å². The van der Waals surface area contributed by atoms with Gasteiger partial charge in [-0.25, -0.2) is 9.97 Å². The predicted octanol–water partition coefficient (Wildman–Crippen LogP) is 3.77. The number of aryl methyl sites for hydroxylation is 1. The van der Waals surface area contributed by atoms with E-state index < -0.39 is 0 Å². The van der Waals surface area contributed by atoms with E-state index in [1.807, 2.05) is 19.1 Å². The summed E-state index contributed by atoms with van der Waals surface area (Å²) in [5, 5.41) is 10.4. The summed E-state index contributed by atoms with van der Waals surface area (Å²) in [4.78, 5) is 24.1. The van der Waals surface area contributed by atoms with Gasteiger partial charge in [0.2, 0.25) is 5.91 Å². The normalized spacial score (nSPS) is 23.5. The average Bonchev–Trinajstić information content (AvgIpc) is 3.40. The standard InChI is InChI=1S/C24H34N6O2/c1-17-13-22(29-28-17)27-20-7-10-25-21(26-20)14-18-15-24(32-16-18)8-11-30(12-9-24)23(31)19-5-3-2-4-6-19/h7,10,13,18-19H,2-6,8-9,11-12,14-16H2,1H3,(H2,25,26,27,28,29)/t18-/m0/s1. The number of carbonyl (C=O) groups is 1. The summed E-state index contributed by atoms with van der Waals surface area (Å²) in [5.74, 6) is 3.41. The predicted molar refractivity (Wildman–Crippen MR) is 122 cm³/mol. The van der Waals surface area contributed by atoms with Crippen molar-refractivity contribution in [1.29, 1.82) is 0 Å². The smallest absolute Gasteiger partial charge is 0.225 e. The summed E-state index contributed by atoms with van der Waals surface area (Å²) in [5.41, 5.74) is 0.929. The monoisotopic (exact) mass is 438 g/mol. The van der Waals surface area contributed by atoms with Crippen molar-refractivity contribution in [1.82, 2.24) is 25.1 Å². The van der Waals surface area contributed by atoms with E-state index in [4.69, 9.17) is 4.74 Å². The zero-order valence-electron chi connectivity index (χ0n) is 19.0. The van der Waals surface area contributed by atoms with E-state index in [1.165, 1.54) is 19.3 Å². The van der Waals surface area contributed by atoms with Crippen LogP contribution in [0.5, 0.6) is 0 Å². The first kappa shape index (κ1) is 21.4. The fourth-order valence-electron chi connectivity index (χ4n) is 5.60. The van der Waals surface area contributed by atoms with E-state index in [0.717, 1.165) is 81.4 Å². The van der Waals surface area contributed by atoms with Crippen LogP contribution in [0.15, 0.2) is 18.3 Å². The van der Waals surface area contributed by atoms with Crippen molar-refractivity contribution in [3.05, 3.63) is 29.8 Å². The Morgan fingerprint density at radius 2 is 2.06 bits per heavy atom. The highest BCUT2D eigenvalue weighted by Gasteiger charge is 2.44. The van der Waals surface area contributed by atoms with E-state index in [1.54, 1.807) is 6.20 Å². The van der Waals surface area contributed by atoms with Crippen LogP contribution in [0.3, 0.4) is 0 Å². The van der Waals surface area contributed by atoms with Crippen LogP contribution in [-0.4, -0.2) is 56.3 Å². The number of nitrogens with one attached hydrogen (secondary N) is 2. The van der Waals surface area contributed by atoms with Gasteiger partial charge in [0, 0.05) is 43.4 Å². The average molecular weight is 439 g/mol. The molecule has 1 spiro atoms. The van der Waals surface area contributed by atoms with Gasteiger partial charge >= 0.3 is 0 Å². The summed E-state index contributed by atoms with van der Waals surface area (Å²) in [6.07, 6.45) is 11.4. The molecule has 2 aliphatic heterocycles. The molecule has 0 unspecified atom stereocenters. The van der Waals surface area contributed by atoms with E-state index in [2.05, 4.69) is 30.4 Å². The van der Waals surface area contributed by atoms with Crippen LogP contribution in [0.2, 0.25) is 0 Å². The molecular weight excluding hydrogens is 404 g/mol. The number of H-pyrrole nitrogens is 1. The molecule has 4 heterocycles. The molecule has 32 heavy (non-hydrogen) atoms. The number of anilines is 2. The Balaban J connectivity index is 1.13. The molecule has 0 bridgehead atoms. The number of ether oxygens (including phenoxy) is 1. The highest BCUT2D eigenvalue weighted by Crippen LogP contribution is 2.40. The van der Waals surface area contributed by atoms with E-state index in [0.29, 0.717) is 11.8 Å². The van der Waals surface area contributed by atoms with Crippen LogP contribution in [0, 0.1) is 18.8 Å². The van der Waals surface area contributed by atoms with Gasteiger partial charge in [0.05, 0.1) is 12.2 Å². The zero-order chi connectivity index (χ0) is 22.0. The number of hydrogen-bond acceptors (Lipinski definition) is 6. The second kappa shape index (κ2) is 9.17. The Morgan fingerprint density at radius 3 is 2.81 bits per heavy atom. The molecule has 5 rings (SSSR count). The largest absolute Gasteiger partial charge is 0.375 e. The van der Waals surface area contributed by atoms with Crippen molar-refractivity contribution in [2.45, 2.75) is 70.3 Å². The number of nitrogens with zero attached hydrogens (tertiary/aromatic N) is 4. The highest BCUT2D eigenvalue weighted by atomic mass is 16.5. The van der Waals surface area contributed by atoms with Gasteiger partial charge in [-0.1, -0.05) is 19.3 Å². The Morgan fingerprint density at radius 1 is 1.25 bits per heavy atom. The van der Waals surface area contributed by atoms with Gasteiger partial charge in [-0.05, 0) is 51.0 Å². The number of aromatic amines is 1. The number of likely N-dealkylation sites (tertiary alicyclic amines) is 1. The fourth-order valence-corrected chi connectivity index (χ4v) is 5.60.